The van der Waals surface area contributed by atoms with Gasteiger partial charge in [-0.15, -0.1) is 0 Å². The van der Waals surface area contributed by atoms with Crippen LogP contribution in [0.25, 0.3) is 16.7 Å². The van der Waals surface area contributed by atoms with Crippen LogP contribution in [0, 0.1) is 0 Å². The number of benzene rings is 2. The highest BCUT2D eigenvalue weighted by Crippen LogP contribution is 2.51. The monoisotopic (exact) mass is 446 g/mol. The Bertz CT molecular complexity index is 1130. The summed E-state index contributed by atoms with van der Waals surface area (Å²) < 4.78 is 7.01. The highest BCUT2D eigenvalue weighted by atomic mass is 29.3. The maximum atomic E-state index is 7.01. The number of fused-ring (bicyclic) bond motifs is 5. The molecule has 2 aromatic rings. The molecule has 0 amide bonds. The zero-order valence-electron chi connectivity index (χ0n) is 19.6. The van der Waals surface area contributed by atoms with E-state index in [4.69, 9.17) is 4.43 Å². The van der Waals surface area contributed by atoms with Gasteiger partial charge in [0.1, 0.15) is 13.3 Å². The normalized spacial score (nSPS) is 21.2. The lowest BCUT2D eigenvalue weighted by Crippen LogP contribution is -2.54. The molecule has 0 radical (unpaired) electrons. The van der Waals surface area contributed by atoms with E-state index in [0.717, 1.165) is 12.8 Å². The second-order valence-corrected chi connectivity index (χ2v) is 30.3. The third-order valence-corrected chi connectivity index (χ3v) is 26.7. The van der Waals surface area contributed by atoms with E-state index in [2.05, 4.69) is 88.7 Å². The third-order valence-electron chi connectivity index (χ3n) is 7.89. The van der Waals surface area contributed by atoms with Crippen molar-refractivity contribution in [3.8, 4) is 16.9 Å². The van der Waals surface area contributed by atoms with Crippen LogP contribution in [0.5, 0.6) is 5.75 Å². The van der Waals surface area contributed by atoms with Crippen molar-refractivity contribution in [3.63, 3.8) is 0 Å². The minimum Gasteiger partial charge on any atom is -0.543 e. The summed E-state index contributed by atoms with van der Waals surface area (Å²) in [6, 6.07) is 10.4. The molecule has 0 bridgehead atoms. The molecule has 2 aliphatic carbocycles. The lowest BCUT2D eigenvalue weighted by atomic mass is 9.96. The van der Waals surface area contributed by atoms with Crippen LogP contribution in [-0.2, 0) is 6.42 Å². The van der Waals surface area contributed by atoms with Crippen LogP contribution in [0.1, 0.15) is 30.0 Å². The van der Waals surface area contributed by atoms with E-state index in [1.165, 1.54) is 39.6 Å². The molecule has 0 aromatic heterocycles. The summed E-state index contributed by atoms with van der Waals surface area (Å²) in [6.45, 7) is 17.4. The summed E-state index contributed by atoms with van der Waals surface area (Å²) in [5.41, 5.74) is 9.00. The number of hydrogen-bond acceptors (Lipinski definition) is 1. The molecule has 1 aliphatic heterocycles. The van der Waals surface area contributed by atoms with E-state index < -0.39 is 23.5 Å². The molecule has 1 atom stereocenters. The van der Waals surface area contributed by atoms with E-state index in [-0.39, 0.29) is 0 Å². The Morgan fingerprint density at radius 3 is 2.37 bits per heavy atom. The first kappa shape index (κ1) is 20.3. The predicted octanol–water partition coefficient (Wildman–Crippen LogP) is 6.13. The van der Waals surface area contributed by atoms with Crippen LogP contribution >= 0.6 is 0 Å². The van der Waals surface area contributed by atoms with Crippen molar-refractivity contribution in [2.75, 3.05) is 0 Å². The molecule has 4 heteroatoms. The molecule has 5 rings (SSSR count). The van der Waals surface area contributed by atoms with Crippen LogP contribution in [0.15, 0.2) is 42.5 Å². The summed E-state index contributed by atoms with van der Waals surface area (Å²) in [7, 11) is -4.68. The zero-order chi connectivity index (χ0) is 21.5. The fraction of sp³-hybridized carbons (Fsp3) is 0.385. The van der Waals surface area contributed by atoms with Crippen LogP contribution in [0.4, 0.5) is 0 Å². The third kappa shape index (κ3) is 2.69. The van der Waals surface area contributed by atoms with Gasteiger partial charge >= 0.3 is 0 Å². The Balaban J connectivity index is 1.86. The van der Waals surface area contributed by atoms with Gasteiger partial charge in [-0.3, -0.25) is 0 Å². The summed E-state index contributed by atoms with van der Waals surface area (Å²) in [5.74, 6) is 1.24. The van der Waals surface area contributed by atoms with Crippen molar-refractivity contribution >= 4 is 39.4 Å². The topological polar surface area (TPSA) is 9.23 Å². The highest BCUT2D eigenvalue weighted by molar-refractivity contribution is 7.58. The standard InChI is InChI=1S/C26H34OSi3/c1-8-29(5,6)30(7)25-21-17-19-15-11-12-16-20(19)23(21)24(27-28(2,3)4)22(26(25)30)18-13-9-10-14-18/h9-13,15-16H,8,14,17H2,1-7H3. The van der Waals surface area contributed by atoms with E-state index in [1.54, 1.807) is 10.8 Å². The molecule has 1 nitrogen and oxygen atoms in total. The summed E-state index contributed by atoms with van der Waals surface area (Å²) in [5, 5.41) is 3.59. The molecule has 0 saturated heterocycles. The summed E-state index contributed by atoms with van der Waals surface area (Å²) in [4.78, 5) is 0. The Morgan fingerprint density at radius 2 is 1.73 bits per heavy atom. The maximum Gasteiger partial charge on any atom is 0.242 e. The van der Waals surface area contributed by atoms with Gasteiger partial charge < -0.3 is 4.43 Å². The van der Waals surface area contributed by atoms with Gasteiger partial charge in [-0.25, -0.2) is 0 Å². The van der Waals surface area contributed by atoms with Crippen molar-refractivity contribution < 1.29 is 4.43 Å². The van der Waals surface area contributed by atoms with Crippen molar-refractivity contribution in [3.05, 3.63) is 59.2 Å². The van der Waals surface area contributed by atoms with Crippen LogP contribution in [-0.4, -0.2) is 23.5 Å². The molecule has 0 fully saturated rings. The van der Waals surface area contributed by atoms with Crippen molar-refractivity contribution in [1.29, 1.82) is 0 Å². The summed E-state index contributed by atoms with van der Waals surface area (Å²) in [6.07, 6.45) is 9.06. The minimum absolute atomic E-state index is 1.05. The van der Waals surface area contributed by atoms with Gasteiger partial charge in [-0.2, -0.15) is 0 Å². The SMILES string of the molecule is CC[Si](C)(C)[Si]1(C)c2c3c(c(O[Si](C)(C)C)c(C4=CC=CC4)c21)-c1ccccc1C3. The van der Waals surface area contributed by atoms with E-state index in [1.807, 2.05) is 5.19 Å². The van der Waals surface area contributed by atoms with Crippen molar-refractivity contribution in [2.45, 2.75) is 65.1 Å². The smallest absolute Gasteiger partial charge is 0.242 e. The summed E-state index contributed by atoms with van der Waals surface area (Å²) >= 11 is 0. The molecular formula is C26H34OSi3. The van der Waals surface area contributed by atoms with Crippen LogP contribution in [0.3, 0.4) is 0 Å². The van der Waals surface area contributed by atoms with E-state index in [9.17, 15) is 0 Å². The van der Waals surface area contributed by atoms with Gasteiger partial charge in [0.2, 0.25) is 8.32 Å². The molecule has 0 N–H and O–H groups in total. The molecule has 0 spiro atoms. The second-order valence-electron chi connectivity index (χ2n) is 11.0. The average Bonchev–Trinajstić information content (AvgIpc) is 3.07. The van der Waals surface area contributed by atoms with Gasteiger partial charge in [0.05, 0.1) is 7.59 Å². The minimum atomic E-state index is -1.77. The fourth-order valence-corrected chi connectivity index (χ4v) is 19.7. The lowest BCUT2D eigenvalue weighted by Gasteiger charge is -2.28. The maximum absolute atomic E-state index is 7.01. The second kappa shape index (κ2) is 6.44. The van der Waals surface area contributed by atoms with Crippen molar-refractivity contribution in [2.24, 2.45) is 0 Å². The molecular weight excluding hydrogens is 413 g/mol. The number of hydrogen-bond donors (Lipinski definition) is 0. The average molecular weight is 447 g/mol. The van der Waals surface area contributed by atoms with E-state index in [0.29, 0.717) is 0 Å². The van der Waals surface area contributed by atoms with Gasteiger partial charge in [0, 0.05) is 11.1 Å². The van der Waals surface area contributed by atoms with Crippen LogP contribution in [0.2, 0.25) is 45.3 Å². The van der Waals surface area contributed by atoms with Gasteiger partial charge in [0.15, 0.2) is 0 Å². The molecule has 30 heavy (non-hydrogen) atoms. The lowest BCUT2D eigenvalue weighted by molar-refractivity contribution is 0.558. The highest BCUT2D eigenvalue weighted by Gasteiger charge is 2.63. The Kier molecular flexibility index (Phi) is 4.35. The molecule has 1 heterocycles. The molecule has 3 aliphatic rings. The Hall–Kier alpha value is -1.63. The fourth-order valence-electron chi connectivity index (χ4n) is 5.65. The van der Waals surface area contributed by atoms with Gasteiger partial charge in [0.25, 0.3) is 0 Å². The van der Waals surface area contributed by atoms with Crippen molar-refractivity contribution in [1.82, 2.24) is 0 Å². The first-order chi connectivity index (χ1) is 14.1. The largest absolute Gasteiger partial charge is 0.543 e. The predicted molar refractivity (Wildman–Crippen MR) is 139 cm³/mol. The molecule has 2 aromatic carbocycles. The molecule has 1 unspecified atom stereocenters. The molecule has 0 saturated carbocycles. The number of rotatable bonds is 5. The molecule has 156 valence electrons. The Labute approximate surface area is 184 Å². The van der Waals surface area contributed by atoms with Gasteiger partial charge in [-0.05, 0) is 59.9 Å². The quantitative estimate of drug-likeness (QED) is 0.428. The zero-order valence-corrected chi connectivity index (χ0v) is 22.6. The number of allylic oxidation sites excluding steroid dienone is 4. The Morgan fingerprint density at radius 1 is 1.00 bits per heavy atom. The van der Waals surface area contributed by atoms with Gasteiger partial charge in [-0.1, -0.05) is 80.3 Å². The van der Waals surface area contributed by atoms with E-state index >= 15 is 0 Å². The van der Waals surface area contributed by atoms with Crippen LogP contribution < -0.4 is 14.8 Å². The first-order valence-electron chi connectivity index (χ1n) is 11.5. The first-order valence-corrected chi connectivity index (χ1v) is 21.6.